The Balaban J connectivity index is 2.38. The first-order chi connectivity index (χ1) is 9.79. The van der Waals surface area contributed by atoms with Crippen LogP contribution in [0, 0.1) is 13.8 Å². The molecule has 2 rings (SSSR count). The predicted octanol–water partition coefficient (Wildman–Crippen LogP) is 2.80. The summed E-state index contributed by atoms with van der Waals surface area (Å²) in [5.74, 6) is -1.15. The Kier molecular flexibility index (Phi) is 3.99. The Labute approximate surface area is 123 Å². The molecule has 2 N–H and O–H groups in total. The fourth-order valence-electron chi connectivity index (χ4n) is 1.83. The topological polar surface area (TPSA) is 83.5 Å². The number of aromatic carboxylic acids is 1. The standard InChI is InChI=1S/C15H15NO4S/c1-10-3-6-12(7-4-10)16-21(19,20)13-8-5-11(2)14(9-13)15(17)18/h3-9,16H,1-2H3,(H,17,18). The first-order valence-corrected chi connectivity index (χ1v) is 7.71. The molecule has 0 spiro atoms. The molecule has 0 fully saturated rings. The van der Waals surface area contributed by atoms with Crippen LogP contribution in [0.3, 0.4) is 0 Å². The number of aryl methyl sites for hydroxylation is 2. The van der Waals surface area contributed by atoms with Crippen LogP contribution in [-0.4, -0.2) is 19.5 Å². The van der Waals surface area contributed by atoms with E-state index in [0.717, 1.165) is 11.6 Å². The largest absolute Gasteiger partial charge is 0.478 e. The number of benzene rings is 2. The summed E-state index contributed by atoms with van der Waals surface area (Å²) < 4.78 is 27.0. The summed E-state index contributed by atoms with van der Waals surface area (Å²) in [5, 5.41) is 9.06. The molecule has 0 aliphatic rings. The van der Waals surface area contributed by atoms with Crippen molar-refractivity contribution >= 4 is 21.7 Å². The van der Waals surface area contributed by atoms with E-state index in [1.807, 2.05) is 6.92 Å². The van der Waals surface area contributed by atoms with Crippen LogP contribution in [0.4, 0.5) is 5.69 Å². The second-order valence-corrected chi connectivity index (χ2v) is 6.44. The van der Waals surface area contributed by atoms with Gasteiger partial charge in [0, 0.05) is 5.69 Å². The van der Waals surface area contributed by atoms with Crippen LogP contribution >= 0.6 is 0 Å². The lowest BCUT2D eigenvalue weighted by molar-refractivity contribution is 0.0696. The van der Waals surface area contributed by atoms with Crippen molar-refractivity contribution in [2.45, 2.75) is 18.7 Å². The van der Waals surface area contributed by atoms with Gasteiger partial charge in [-0.15, -0.1) is 0 Å². The molecule has 0 heterocycles. The number of carboxylic acid groups (broad SMARTS) is 1. The third-order valence-electron chi connectivity index (χ3n) is 3.05. The molecule has 0 unspecified atom stereocenters. The molecule has 0 aromatic heterocycles. The second-order valence-electron chi connectivity index (χ2n) is 4.75. The second kappa shape index (κ2) is 5.57. The number of anilines is 1. The zero-order valence-corrected chi connectivity index (χ0v) is 12.4. The smallest absolute Gasteiger partial charge is 0.335 e. The van der Waals surface area contributed by atoms with Crippen molar-refractivity contribution in [1.82, 2.24) is 0 Å². The normalized spacial score (nSPS) is 11.1. The van der Waals surface area contributed by atoms with Crippen molar-refractivity contribution in [2.75, 3.05) is 4.72 Å². The van der Waals surface area contributed by atoms with Gasteiger partial charge in [0.05, 0.1) is 10.5 Å². The van der Waals surface area contributed by atoms with Crippen LogP contribution in [0.15, 0.2) is 47.4 Å². The van der Waals surface area contributed by atoms with E-state index < -0.39 is 16.0 Å². The monoisotopic (exact) mass is 305 g/mol. The molecule has 0 radical (unpaired) electrons. The van der Waals surface area contributed by atoms with Gasteiger partial charge < -0.3 is 5.11 Å². The molecule has 5 nitrogen and oxygen atoms in total. The van der Waals surface area contributed by atoms with Crippen LogP contribution in [0.1, 0.15) is 21.5 Å². The van der Waals surface area contributed by atoms with Gasteiger partial charge in [0.2, 0.25) is 0 Å². The minimum atomic E-state index is -3.81. The first kappa shape index (κ1) is 15.1. The maximum atomic E-state index is 12.3. The molecule has 0 aliphatic carbocycles. The van der Waals surface area contributed by atoms with E-state index in [2.05, 4.69) is 4.72 Å². The van der Waals surface area contributed by atoms with Gasteiger partial charge in [0.25, 0.3) is 10.0 Å². The van der Waals surface area contributed by atoms with E-state index in [4.69, 9.17) is 5.11 Å². The Morgan fingerprint density at radius 1 is 1.05 bits per heavy atom. The van der Waals surface area contributed by atoms with Crippen LogP contribution in [0.2, 0.25) is 0 Å². The molecular formula is C15H15NO4S. The fourth-order valence-corrected chi connectivity index (χ4v) is 2.92. The van der Waals surface area contributed by atoms with E-state index in [1.165, 1.54) is 12.1 Å². The van der Waals surface area contributed by atoms with Crippen LogP contribution < -0.4 is 4.72 Å². The summed E-state index contributed by atoms with van der Waals surface area (Å²) in [6.07, 6.45) is 0. The molecule has 21 heavy (non-hydrogen) atoms. The van der Waals surface area contributed by atoms with Crippen LogP contribution in [0.5, 0.6) is 0 Å². The summed E-state index contributed by atoms with van der Waals surface area (Å²) in [5.41, 5.74) is 1.93. The molecule has 0 atom stereocenters. The highest BCUT2D eigenvalue weighted by Gasteiger charge is 2.17. The zero-order valence-electron chi connectivity index (χ0n) is 11.6. The Morgan fingerprint density at radius 2 is 1.67 bits per heavy atom. The molecule has 6 heteroatoms. The van der Waals surface area contributed by atoms with Gasteiger partial charge in [0.15, 0.2) is 0 Å². The molecule has 0 amide bonds. The van der Waals surface area contributed by atoms with Crippen molar-refractivity contribution in [3.63, 3.8) is 0 Å². The quantitative estimate of drug-likeness (QED) is 0.909. The molecular weight excluding hydrogens is 290 g/mol. The lowest BCUT2D eigenvalue weighted by atomic mass is 10.1. The fraction of sp³-hybridized carbons (Fsp3) is 0.133. The molecule has 2 aromatic rings. The number of carboxylic acids is 1. The van der Waals surface area contributed by atoms with Crippen LogP contribution in [0.25, 0.3) is 0 Å². The van der Waals surface area contributed by atoms with E-state index in [9.17, 15) is 13.2 Å². The summed E-state index contributed by atoms with van der Waals surface area (Å²) in [7, 11) is -3.81. The lowest BCUT2D eigenvalue weighted by Gasteiger charge is -2.10. The Morgan fingerprint density at radius 3 is 2.24 bits per heavy atom. The highest BCUT2D eigenvalue weighted by molar-refractivity contribution is 7.92. The number of hydrogen-bond acceptors (Lipinski definition) is 3. The molecule has 0 aliphatic heterocycles. The number of sulfonamides is 1. The summed E-state index contributed by atoms with van der Waals surface area (Å²) in [6.45, 7) is 3.52. The maximum Gasteiger partial charge on any atom is 0.335 e. The third kappa shape index (κ3) is 3.41. The van der Waals surface area contributed by atoms with Gasteiger partial charge in [-0.3, -0.25) is 4.72 Å². The highest BCUT2D eigenvalue weighted by atomic mass is 32.2. The van der Waals surface area contributed by atoms with Crippen molar-refractivity contribution in [3.8, 4) is 0 Å². The maximum absolute atomic E-state index is 12.3. The van der Waals surface area contributed by atoms with Crippen molar-refractivity contribution in [1.29, 1.82) is 0 Å². The SMILES string of the molecule is Cc1ccc(NS(=O)(=O)c2ccc(C)c(C(=O)O)c2)cc1. The molecule has 2 aromatic carbocycles. The lowest BCUT2D eigenvalue weighted by Crippen LogP contribution is -2.14. The van der Waals surface area contributed by atoms with Crippen molar-refractivity contribution in [2.24, 2.45) is 0 Å². The zero-order chi connectivity index (χ0) is 15.6. The Hall–Kier alpha value is -2.34. The van der Waals surface area contributed by atoms with Gasteiger partial charge in [0.1, 0.15) is 0 Å². The summed E-state index contributed by atoms with van der Waals surface area (Å²) in [6, 6.07) is 10.9. The van der Waals surface area contributed by atoms with E-state index >= 15 is 0 Å². The minimum absolute atomic E-state index is 0.0261. The van der Waals surface area contributed by atoms with Crippen molar-refractivity contribution < 1.29 is 18.3 Å². The van der Waals surface area contributed by atoms with Crippen molar-refractivity contribution in [3.05, 3.63) is 59.2 Å². The number of nitrogens with one attached hydrogen (secondary N) is 1. The van der Waals surface area contributed by atoms with E-state index in [1.54, 1.807) is 31.2 Å². The van der Waals surface area contributed by atoms with E-state index in [-0.39, 0.29) is 10.5 Å². The van der Waals surface area contributed by atoms with E-state index in [0.29, 0.717) is 11.3 Å². The number of hydrogen-bond donors (Lipinski definition) is 2. The molecule has 0 saturated carbocycles. The van der Waals surface area contributed by atoms with Gasteiger partial charge in [-0.05, 0) is 43.7 Å². The van der Waals surface area contributed by atoms with Gasteiger partial charge >= 0.3 is 5.97 Å². The number of rotatable bonds is 4. The van der Waals surface area contributed by atoms with Gasteiger partial charge in [-0.2, -0.15) is 0 Å². The van der Waals surface area contributed by atoms with Crippen LogP contribution in [-0.2, 0) is 10.0 Å². The number of carbonyl (C=O) groups is 1. The summed E-state index contributed by atoms with van der Waals surface area (Å²) >= 11 is 0. The average molecular weight is 305 g/mol. The Bertz CT molecular complexity index is 780. The first-order valence-electron chi connectivity index (χ1n) is 6.23. The molecule has 0 saturated heterocycles. The predicted molar refractivity (Wildman–Crippen MR) is 80.1 cm³/mol. The summed E-state index contributed by atoms with van der Waals surface area (Å²) in [4.78, 5) is 11.0. The molecule has 110 valence electrons. The average Bonchev–Trinajstić information content (AvgIpc) is 2.41. The van der Waals surface area contributed by atoms with Gasteiger partial charge in [-0.25, -0.2) is 13.2 Å². The molecule has 0 bridgehead atoms. The minimum Gasteiger partial charge on any atom is -0.478 e. The van der Waals surface area contributed by atoms with Gasteiger partial charge in [-0.1, -0.05) is 23.8 Å². The third-order valence-corrected chi connectivity index (χ3v) is 4.43. The highest BCUT2D eigenvalue weighted by Crippen LogP contribution is 2.19.